The lowest BCUT2D eigenvalue weighted by Crippen LogP contribution is -2.20. The van der Waals surface area contributed by atoms with Gasteiger partial charge in [0, 0.05) is 30.6 Å². The summed E-state index contributed by atoms with van der Waals surface area (Å²) in [4.78, 5) is 6.25. The summed E-state index contributed by atoms with van der Waals surface area (Å²) in [7, 11) is 2.09. The van der Waals surface area contributed by atoms with Gasteiger partial charge in [0.15, 0.2) is 5.76 Å². The van der Waals surface area contributed by atoms with E-state index in [1.807, 2.05) is 24.3 Å². The minimum absolute atomic E-state index is 0.755. The molecule has 2 heterocycles. The molecule has 0 unspecified atom stereocenters. The van der Waals surface area contributed by atoms with Crippen molar-refractivity contribution >= 4 is 0 Å². The summed E-state index contributed by atoms with van der Waals surface area (Å²) in [5.74, 6) is 0.877. The van der Waals surface area contributed by atoms with Crippen molar-refractivity contribution in [3.8, 4) is 11.3 Å². The first-order valence-electron chi connectivity index (χ1n) is 7.40. The molecule has 1 aromatic carbocycles. The first-order valence-corrected chi connectivity index (χ1v) is 7.40. The van der Waals surface area contributed by atoms with Gasteiger partial charge in [-0.15, -0.1) is 0 Å². The topological polar surface area (TPSA) is 42.2 Å². The number of hydrogen-bond donors (Lipinski definition) is 0. The van der Waals surface area contributed by atoms with E-state index in [4.69, 9.17) is 4.52 Å². The van der Waals surface area contributed by atoms with Crippen molar-refractivity contribution in [1.29, 1.82) is 0 Å². The van der Waals surface area contributed by atoms with Crippen molar-refractivity contribution in [3.63, 3.8) is 0 Å². The highest BCUT2D eigenvalue weighted by molar-refractivity contribution is 5.57. The summed E-state index contributed by atoms with van der Waals surface area (Å²) in [6.45, 7) is 1.74. The molecule has 4 nitrogen and oxygen atoms in total. The quantitative estimate of drug-likeness (QED) is 0.698. The molecule has 0 saturated carbocycles. The third-order valence-corrected chi connectivity index (χ3v) is 3.59. The van der Waals surface area contributed by atoms with Gasteiger partial charge >= 0.3 is 0 Å². The molecule has 0 fully saturated rings. The third kappa shape index (κ3) is 3.80. The van der Waals surface area contributed by atoms with Crippen molar-refractivity contribution in [2.24, 2.45) is 0 Å². The molecule has 0 radical (unpaired) electrons. The second-order valence-electron chi connectivity index (χ2n) is 5.39. The zero-order chi connectivity index (χ0) is 15.2. The van der Waals surface area contributed by atoms with Crippen LogP contribution in [0, 0.1) is 0 Å². The lowest BCUT2D eigenvalue weighted by atomic mass is 10.1. The summed E-state index contributed by atoms with van der Waals surface area (Å²) in [6, 6.07) is 16.4. The monoisotopic (exact) mass is 293 g/mol. The Labute approximate surface area is 130 Å². The molecule has 3 aromatic rings. The Balaban J connectivity index is 1.56. The van der Waals surface area contributed by atoms with Crippen LogP contribution in [-0.2, 0) is 13.0 Å². The molecule has 0 N–H and O–H groups in total. The predicted molar refractivity (Wildman–Crippen MR) is 86.2 cm³/mol. The Bertz CT molecular complexity index is 695. The number of likely N-dealkylation sites (N-methyl/N-ethyl adjacent to an activating group) is 1. The van der Waals surface area contributed by atoms with Gasteiger partial charge in [0.25, 0.3) is 0 Å². The number of rotatable bonds is 6. The Kier molecular flexibility index (Phi) is 4.61. The van der Waals surface area contributed by atoms with E-state index in [2.05, 4.69) is 46.4 Å². The van der Waals surface area contributed by atoms with E-state index in [0.717, 1.165) is 36.5 Å². The minimum atomic E-state index is 0.755. The lowest BCUT2D eigenvalue weighted by molar-refractivity contribution is 0.275. The van der Waals surface area contributed by atoms with E-state index in [1.165, 1.54) is 5.56 Å². The number of pyridine rings is 1. The number of nitrogens with zero attached hydrogens (tertiary/aromatic N) is 3. The first kappa shape index (κ1) is 14.5. The van der Waals surface area contributed by atoms with Crippen molar-refractivity contribution < 1.29 is 4.52 Å². The van der Waals surface area contributed by atoms with Crippen molar-refractivity contribution in [2.75, 3.05) is 13.6 Å². The highest BCUT2D eigenvalue weighted by atomic mass is 16.5. The highest BCUT2D eigenvalue weighted by Gasteiger charge is 2.08. The van der Waals surface area contributed by atoms with Gasteiger partial charge in [-0.05, 0) is 31.2 Å². The lowest BCUT2D eigenvalue weighted by Gasteiger charge is -2.14. The highest BCUT2D eigenvalue weighted by Crippen LogP contribution is 2.18. The van der Waals surface area contributed by atoms with Crippen LogP contribution < -0.4 is 0 Å². The van der Waals surface area contributed by atoms with E-state index < -0.39 is 0 Å². The number of benzene rings is 1. The molecule has 0 bridgehead atoms. The molecule has 4 heteroatoms. The van der Waals surface area contributed by atoms with Crippen molar-refractivity contribution in [2.45, 2.75) is 13.0 Å². The van der Waals surface area contributed by atoms with Crippen LogP contribution in [0.25, 0.3) is 11.3 Å². The Morgan fingerprint density at radius 2 is 1.82 bits per heavy atom. The minimum Gasteiger partial charge on any atom is -0.359 e. The van der Waals surface area contributed by atoms with Gasteiger partial charge in [0.05, 0.1) is 6.54 Å². The van der Waals surface area contributed by atoms with Gasteiger partial charge < -0.3 is 4.52 Å². The first-order chi connectivity index (χ1) is 10.8. The smallest absolute Gasteiger partial charge is 0.151 e. The Morgan fingerprint density at radius 3 is 2.59 bits per heavy atom. The zero-order valence-electron chi connectivity index (χ0n) is 12.6. The third-order valence-electron chi connectivity index (χ3n) is 3.59. The molecule has 0 aliphatic rings. The fourth-order valence-corrected chi connectivity index (χ4v) is 2.36. The van der Waals surface area contributed by atoms with Crippen molar-refractivity contribution in [3.05, 3.63) is 72.2 Å². The molecular weight excluding hydrogens is 274 g/mol. The fourth-order valence-electron chi connectivity index (χ4n) is 2.36. The molecule has 0 atom stereocenters. The van der Waals surface area contributed by atoms with Crippen LogP contribution in [0.4, 0.5) is 0 Å². The largest absolute Gasteiger partial charge is 0.359 e. The van der Waals surface area contributed by atoms with Crippen LogP contribution in [0.15, 0.2) is 65.4 Å². The van der Waals surface area contributed by atoms with Crippen molar-refractivity contribution in [1.82, 2.24) is 15.0 Å². The standard InChI is InChI=1S/C18H19N3O/c1-21(12-9-15-5-3-2-4-6-15)14-17-13-18(20-22-17)16-7-10-19-11-8-16/h2-8,10-11,13H,9,12,14H2,1H3. The Hall–Kier alpha value is -2.46. The second-order valence-corrected chi connectivity index (χ2v) is 5.39. The van der Waals surface area contributed by atoms with E-state index in [1.54, 1.807) is 12.4 Å². The van der Waals surface area contributed by atoms with Crippen LogP contribution in [0.1, 0.15) is 11.3 Å². The van der Waals surface area contributed by atoms with E-state index in [-0.39, 0.29) is 0 Å². The molecule has 0 aliphatic carbocycles. The molecule has 2 aromatic heterocycles. The average Bonchev–Trinajstić information content (AvgIpc) is 3.03. The molecule has 0 amide bonds. The molecule has 0 saturated heterocycles. The number of aromatic nitrogens is 2. The molecular formula is C18H19N3O. The van der Waals surface area contributed by atoms with Crippen LogP contribution in [0.3, 0.4) is 0 Å². The van der Waals surface area contributed by atoms with Gasteiger partial charge in [-0.2, -0.15) is 0 Å². The van der Waals surface area contributed by atoms with Gasteiger partial charge in [-0.3, -0.25) is 9.88 Å². The second kappa shape index (κ2) is 7.00. The Morgan fingerprint density at radius 1 is 1.05 bits per heavy atom. The van der Waals surface area contributed by atoms with E-state index in [0.29, 0.717) is 0 Å². The average molecular weight is 293 g/mol. The molecule has 112 valence electrons. The molecule has 0 spiro atoms. The van der Waals surface area contributed by atoms with Crippen LogP contribution in [0.2, 0.25) is 0 Å². The maximum atomic E-state index is 5.43. The summed E-state index contributed by atoms with van der Waals surface area (Å²) in [5.41, 5.74) is 3.23. The van der Waals surface area contributed by atoms with Crippen LogP contribution in [-0.4, -0.2) is 28.6 Å². The van der Waals surface area contributed by atoms with Gasteiger partial charge in [-0.25, -0.2) is 0 Å². The molecule has 22 heavy (non-hydrogen) atoms. The van der Waals surface area contributed by atoms with Crippen LogP contribution in [0.5, 0.6) is 0 Å². The van der Waals surface area contributed by atoms with E-state index in [9.17, 15) is 0 Å². The fraction of sp³-hybridized carbons (Fsp3) is 0.222. The zero-order valence-corrected chi connectivity index (χ0v) is 12.6. The predicted octanol–water partition coefficient (Wildman–Crippen LogP) is 3.41. The van der Waals surface area contributed by atoms with E-state index >= 15 is 0 Å². The van der Waals surface area contributed by atoms with Gasteiger partial charge in [0.1, 0.15) is 5.69 Å². The summed E-state index contributed by atoms with van der Waals surface area (Å²) in [5, 5.41) is 4.13. The molecule has 0 aliphatic heterocycles. The summed E-state index contributed by atoms with van der Waals surface area (Å²) >= 11 is 0. The normalized spacial score (nSPS) is 11.0. The summed E-state index contributed by atoms with van der Waals surface area (Å²) < 4.78 is 5.43. The molecule has 3 rings (SSSR count). The maximum absolute atomic E-state index is 5.43. The maximum Gasteiger partial charge on any atom is 0.151 e. The van der Waals surface area contributed by atoms with Crippen LogP contribution >= 0.6 is 0 Å². The summed E-state index contributed by atoms with van der Waals surface area (Å²) in [6.07, 6.45) is 4.55. The van der Waals surface area contributed by atoms with Gasteiger partial charge in [-0.1, -0.05) is 35.5 Å². The SMILES string of the molecule is CN(CCc1ccccc1)Cc1cc(-c2ccncc2)no1. The number of hydrogen-bond acceptors (Lipinski definition) is 4. The van der Waals surface area contributed by atoms with Gasteiger partial charge in [0.2, 0.25) is 0 Å².